The minimum Gasteiger partial charge on any atom is -1.00 e. The van der Waals surface area contributed by atoms with Gasteiger partial charge in [0.1, 0.15) is 33.0 Å². The van der Waals surface area contributed by atoms with Crippen molar-refractivity contribution in [1.82, 2.24) is 0 Å². The molecule has 7 rings (SSSR count). The van der Waals surface area contributed by atoms with Crippen LogP contribution in [0.5, 0.6) is 5.75 Å². The van der Waals surface area contributed by atoms with Gasteiger partial charge >= 0.3 is 0 Å². The molecule has 1 heterocycles. The molecule has 5 aromatic rings. The molecule has 0 saturated carbocycles. The minimum atomic E-state index is -2.50. The number of rotatable bonds is 16. The second kappa shape index (κ2) is 18.4. The number of fused-ring (bicyclic) bond motifs is 2. The zero-order valence-corrected chi connectivity index (χ0v) is 33.2. The third-order valence-electron chi connectivity index (χ3n) is 10.3. The first-order valence-corrected chi connectivity index (χ1v) is 20.7. The second-order valence-electron chi connectivity index (χ2n) is 13.8. The lowest BCUT2D eigenvalue weighted by Gasteiger charge is -2.25. The lowest BCUT2D eigenvalue weighted by Crippen LogP contribution is -3.00. The maximum Gasteiger partial charge on any atom is 0.283 e. The molecule has 278 valence electrons. The molecule has 0 amide bonds. The quantitative estimate of drug-likeness (QED) is 0.0474. The van der Waals surface area contributed by atoms with E-state index in [1.165, 1.54) is 18.2 Å². The molecule has 0 atom stereocenters. The van der Waals surface area contributed by atoms with Crippen LogP contribution in [0.25, 0.3) is 33.4 Å². The van der Waals surface area contributed by atoms with E-state index < -0.39 is 7.26 Å². The summed E-state index contributed by atoms with van der Waals surface area (Å²) >= 11 is 0. The van der Waals surface area contributed by atoms with Gasteiger partial charge in [-0.1, -0.05) is 111 Å². The Morgan fingerprint density at radius 3 is 1.67 bits per heavy atom. The van der Waals surface area contributed by atoms with Crippen LogP contribution in [0.4, 0.5) is 0 Å². The Kier molecular flexibility index (Phi) is 13.3. The van der Waals surface area contributed by atoms with Gasteiger partial charge in [-0.25, -0.2) is 0 Å². The van der Waals surface area contributed by atoms with Gasteiger partial charge in [0.15, 0.2) is 18.5 Å². The average molecular weight is 812 g/mol. The number of carbonyl (C=O) groups excluding carboxylic acids is 2. The number of ketones is 1. The molecular weight excluding hydrogens is 767 g/mol. The Bertz CT molecular complexity index is 2300. The van der Waals surface area contributed by atoms with Gasteiger partial charge < -0.3 is 26.5 Å². The van der Waals surface area contributed by atoms with Crippen LogP contribution in [-0.4, -0.2) is 16.4 Å². The van der Waals surface area contributed by atoms with Gasteiger partial charge in [0.25, 0.3) is 5.52 Å². The summed E-state index contributed by atoms with van der Waals surface area (Å²) in [5.74, 6) is 0.546. The van der Waals surface area contributed by atoms with E-state index in [2.05, 4.69) is 36.4 Å². The van der Waals surface area contributed by atoms with Crippen molar-refractivity contribution in [2.45, 2.75) is 57.8 Å². The third-order valence-corrected chi connectivity index (χ3v) is 14.5. The number of halogens is 1. The normalized spacial score (nSPS) is 11.3. The summed E-state index contributed by atoms with van der Waals surface area (Å²) in [5, 5.41) is 14.2. The number of hydrogen-bond acceptors (Lipinski definition) is 5. The summed E-state index contributed by atoms with van der Waals surface area (Å²) in [6.07, 6.45) is 7.73. The summed E-state index contributed by atoms with van der Waals surface area (Å²) in [6.45, 7) is 0. The molecule has 0 bridgehead atoms. The van der Waals surface area contributed by atoms with Gasteiger partial charge in [0, 0.05) is 47.1 Å². The van der Waals surface area contributed by atoms with E-state index in [1.807, 2.05) is 78.9 Å². The van der Waals surface area contributed by atoms with Crippen molar-refractivity contribution in [3.63, 3.8) is 0 Å². The van der Waals surface area contributed by atoms with Crippen molar-refractivity contribution in [2.24, 2.45) is 0 Å². The van der Waals surface area contributed by atoms with Crippen LogP contribution in [0.3, 0.4) is 0 Å². The summed E-state index contributed by atoms with van der Waals surface area (Å²) in [6, 6.07) is 48.2. The van der Waals surface area contributed by atoms with Gasteiger partial charge in [0.05, 0.1) is 0 Å². The van der Waals surface area contributed by atoms with Gasteiger partial charge in [-0.3, -0.25) is 14.4 Å². The van der Waals surface area contributed by atoms with E-state index >= 15 is 0 Å². The number of aromatic hydroxyl groups is 1. The smallest absolute Gasteiger partial charge is 0.283 e. The van der Waals surface area contributed by atoms with E-state index in [1.54, 1.807) is 18.2 Å². The standard InChI is InChI=1S/C48H43O5P.BrH/c49-35-29-31-42-45(33-35)53-46-34-36(50)30-32-43(46)48(42)41-26-18-17-25-40(41)44(51)27-15-4-2-1-3-5-16-28-47(52)54(37-19-9-6-10-20-37,38-21-11-7-12-22-38)39-23-13-8-14-24-39;/h6-14,17-26,29-34H,1-5,15-16,27-28H2;1H. The first kappa shape index (κ1) is 39.5. The largest absolute Gasteiger partial charge is 1.00 e. The average Bonchev–Trinajstić information content (AvgIpc) is 3.20. The molecular formula is C48H44BrO5P. The fourth-order valence-electron chi connectivity index (χ4n) is 7.68. The Labute approximate surface area is 333 Å². The second-order valence-corrected chi connectivity index (χ2v) is 17.2. The molecule has 2 aliphatic rings. The minimum absolute atomic E-state index is 0. The Balaban J connectivity index is 0.00000514. The Morgan fingerprint density at radius 1 is 0.545 bits per heavy atom. The topological polar surface area (TPSA) is 84.6 Å². The van der Waals surface area contributed by atoms with Crippen molar-refractivity contribution in [1.29, 1.82) is 0 Å². The predicted octanol–water partition coefficient (Wildman–Crippen LogP) is 7.49. The highest BCUT2D eigenvalue weighted by Gasteiger charge is 2.52. The zero-order valence-electron chi connectivity index (χ0n) is 30.7. The predicted molar refractivity (Wildman–Crippen MR) is 222 cm³/mol. The van der Waals surface area contributed by atoms with Crippen molar-refractivity contribution in [3.8, 4) is 28.2 Å². The lowest BCUT2D eigenvalue weighted by molar-refractivity contribution is -0.111. The zero-order chi connectivity index (χ0) is 37.3. The highest BCUT2D eigenvalue weighted by atomic mass is 79.9. The van der Waals surface area contributed by atoms with Gasteiger partial charge in [-0.05, 0) is 79.1 Å². The van der Waals surface area contributed by atoms with E-state index in [9.17, 15) is 19.5 Å². The Morgan fingerprint density at radius 2 is 1.07 bits per heavy atom. The van der Waals surface area contributed by atoms with Crippen LogP contribution in [0.15, 0.2) is 161 Å². The van der Waals surface area contributed by atoms with Crippen LogP contribution in [0, 0.1) is 0 Å². The molecule has 0 aromatic heterocycles. The highest BCUT2D eigenvalue weighted by Crippen LogP contribution is 2.57. The summed E-state index contributed by atoms with van der Waals surface area (Å²) in [7, 11) is -2.50. The summed E-state index contributed by atoms with van der Waals surface area (Å²) in [5.41, 5.74) is 3.56. The number of Topliss-reactive ketones (excluding diaryl/α,β-unsaturated/α-hetero) is 1. The van der Waals surface area contributed by atoms with E-state index in [0.29, 0.717) is 35.3 Å². The maximum absolute atomic E-state index is 14.5. The fraction of sp³-hybridized carbons (Fsp3) is 0.188. The van der Waals surface area contributed by atoms with E-state index in [0.717, 1.165) is 82.9 Å². The molecule has 0 radical (unpaired) electrons. The molecule has 55 heavy (non-hydrogen) atoms. The van der Waals surface area contributed by atoms with Crippen LogP contribution in [0.2, 0.25) is 0 Å². The maximum atomic E-state index is 14.5. The monoisotopic (exact) mass is 810 g/mol. The molecule has 0 fully saturated rings. The van der Waals surface area contributed by atoms with Gasteiger partial charge in [0.2, 0.25) is 0 Å². The summed E-state index contributed by atoms with van der Waals surface area (Å²) < 4.78 is 6.02. The number of benzene rings is 6. The van der Waals surface area contributed by atoms with Crippen molar-refractivity contribution in [2.75, 3.05) is 0 Å². The molecule has 0 spiro atoms. The molecule has 5 aromatic carbocycles. The van der Waals surface area contributed by atoms with Crippen molar-refractivity contribution >= 4 is 45.5 Å². The number of phenolic OH excluding ortho intramolecular Hbond substituents is 1. The highest BCUT2D eigenvalue weighted by molar-refractivity contribution is 8.08. The van der Waals surface area contributed by atoms with Crippen LogP contribution in [-0.2, 0) is 4.79 Å². The van der Waals surface area contributed by atoms with Crippen LogP contribution >= 0.6 is 7.26 Å². The molecule has 1 aliphatic carbocycles. The Hall–Kier alpha value is -5.16. The van der Waals surface area contributed by atoms with E-state index in [4.69, 9.17) is 4.42 Å². The first-order chi connectivity index (χ1) is 26.5. The lowest BCUT2D eigenvalue weighted by atomic mass is 9.88. The van der Waals surface area contributed by atoms with E-state index in [-0.39, 0.29) is 33.9 Å². The molecule has 1 N–H and O–H groups in total. The number of unbranched alkanes of at least 4 members (excludes halogenated alkanes) is 6. The van der Waals surface area contributed by atoms with Gasteiger partial charge in [-0.2, -0.15) is 0 Å². The third kappa shape index (κ3) is 8.57. The first-order valence-electron chi connectivity index (χ1n) is 18.9. The van der Waals surface area contributed by atoms with Crippen molar-refractivity contribution in [3.05, 3.63) is 167 Å². The molecule has 5 nitrogen and oxygen atoms in total. The molecule has 0 saturated heterocycles. The molecule has 7 heteroatoms. The van der Waals surface area contributed by atoms with Crippen molar-refractivity contribution < 1.29 is 36.1 Å². The van der Waals surface area contributed by atoms with Crippen LogP contribution in [0.1, 0.15) is 68.1 Å². The molecule has 1 aliphatic heterocycles. The SMILES string of the molecule is O=C(CCCCCCCCCC(=O)[P+](c1ccccc1)(c1ccccc1)c1ccccc1)c1ccccc1-c1c2ccc(=O)cc-2oc2cc(O)ccc12.[Br-]. The van der Waals surface area contributed by atoms with Gasteiger partial charge in [-0.15, -0.1) is 0 Å². The number of phenols is 1. The fourth-order valence-corrected chi connectivity index (χ4v) is 11.8. The summed E-state index contributed by atoms with van der Waals surface area (Å²) in [4.78, 5) is 40.4. The number of carbonyl (C=O) groups is 2. The molecule has 0 unspecified atom stereocenters. The van der Waals surface area contributed by atoms with Crippen LogP contribution < -0.4 is 38.3 Å². The number of hydrogen-bond donors (Lipinski definition) is 1.